The minimum Gasteiger partial charge on any atom is -0.355 e. The van der Waals surface area contributed by atoms with E-state index in [2.05, 4.69) is 16.7 Å². The zero-order valence-electron chi connectivity index (χ0n) is 9.53. The van der Waals surface area contributed by atoms with E-state index in [1.807, 2.05) is 11.4 Å². The van der Waals surface area contributed by atoms with E-state index in [0.717, 1.165) is 30.8 Å². The molecule has 0 bridgehead atoms. The zero-order valence-corrected chi connectivity index (χ0v) is 10.3. The Balaban J connectivity index is 1.56. The summed E-state index contributed by atoms with van der Waals surface area (Å²) < 4.78 is 0. The van der Waals surface area contributed by atoms with Gasteiger partial charge in [-0.25, -0.2) is 0 Å². The molecule has 1 fully saturated rings. The summed E-state index contributed by atoms with van der Waals surface area (Å²) >= 11 is 1.58. The van der Waals surface area contributed by atoms with Crippen LogP contribution in [0.1, 0.15) is 23.3 Å². The first-order chi connectivity index (χ1) is 8.29. The number of thiophene rings is 1. The van der Waals surface area contributed by atoms with Crippen LogP contribution in [0.15, 0.2) is 11.4 Å². The number of hydrogen-bond donors (Lipinski definition) is 2. The van der Waals surface area contributed by atoms with Gasteiger partial charge >= 0.3 is 0 Å². The third-order valence-corrected chi connectivity index (χ3v) is 3.57. The molecule has 1 amide bonds. The van der Waals surface area contributed by atoms with Gasteiger partial charge in [0.1, 0.15) is 6.07 Å². The first kappa shape index (κ1) is 12.1. The normalized spacial score (nSPS) is 14.3. The highest BCUT2D eigenvalue weighted by atomic mass is 32.1. The Morgan fingerprint density at radius 3 is 3.00 bits per heavy atom. The second-order valence-corrected chi connectivity index (χ2v) is 5.15. The molecule has 0 aliphatic heterocycles. The second-order valence-electron chi connectivity index (χ2n) is 4.16. The van der Waals surface area contributed by atoms with Crippen molar-refractivity contribution in [2.24, 2.45) is 5.92 Å². The van der Waals surface area contributed by atoms with Crippen LogP contribution in [0, 0.1) is 17.2 Å². The van der Waals surface area contributed by atoms with Gasteiger partial charge in [-0.2, -0.15) is 5.26 Å². The van der Waals surface area contributed by atoms with Crippen molar-refractivity contribution in [2.45, 2.75) is 19.4 Å². The van der Waals surface area contributed by atoms with E-state index in [-0.39, 0.29) is 11.8 Å². The summed E-state index contributed by atoms with van der Waals surface area (Å²) in [6.45, 7) is 2.19. The SMILES string of the molecule is N#Cc1csc(CNCCNC(=O)C2CC2)c1. The lowest BCUT2D eigenvalue weighted by Gasteiger charge is -2.05. The Bertz CT molecular complexity index is 431. The molecule has 1 heterocycles. The average molecular weight is 249 g/mol. The third-order valence-electron chi connectivity index (χ3n) is 2.63. The number of hydrogen-bond acceptors (Lipinski definition) is 4. The number of nitriles is 1. The number of rotatable bonds is 6. The van der Waals surface area contributed by atoms with Crippen molar-refractivity contribution in [1.82, 2.24) is 10.6 Å². The predicted octanol–water partition coefficient (Wildman–Crippen LogP) is 1.24. The molecule has 1 aliphatic carbocycles. The van der Waals surface area contributed by atoms with Crippen LogP contribution in [0.25, 0.3) is 0 Å². The molecule has 1 aromatic rings. The van der Waals surface area contributed by atoms with Crippen LogP contribution in [0.4, 0.5) is 0 Å². The Kier molecular flexibility index (Phi) is 4.13. The lowest BCUT2D eigenvalue weighted by Crippen LogP contribution is -2.32. The molecule has 0 aromatic carbocycles. The van der Waals surface area contributed by atoms with Crippen LogP contribution < -0.4 is 10.6 Å². The van der Waals surface area contributed by atoms with E-state index in [0.29, 0.717) is 12.1 Å². The quantitative estimate of drug-likeness (QED) is 0.745. The lowest BCUT2D eigenvalue weighted by molar-refractivity contribution is -0.122. The Hall–Kier alpha value is -1.38. The predicted molar refractivity (Wildman–Crippen MR) is 66.5 cm³/mol. The Labute approximate surface area is 105 Å². The summed E-state index contributed by atoms with van der Waals surface area (Å²) in [4.78, 5) is 12.5. The molecule has 1 aliphatic rings. The van der Waals surface area contributed by atoms with Crippen LogP contribution in [0.5, 0.6) is 0 Å². The van der Waals surface area contributed by atoms with Crippen molar-refractivity contribution >= 4 is 17.2 Å². The molecule has 0 radical (unpaired) electrons. The second kappa shape index (κ2) is 5.80. The van der Waals surface area contributed by atoms with Crippen molar-refractivity contribution in [3.8, 4) is 6.07 Å². The first-order valence-electron chi connectivity index (χ1n) is 5.75. The standard InChI is InChI=1S/C12H15N3OS/c13-6-9-5-11(17-8-9)7-14-3-4-15-12(16)10-1-2-10/h5,8,10,14H,1-4,7H2,(H,15,16). The number of nitrogens with one attached hydrogen (secondary N) is 2. The van der Waals surface area contributed by atoms with Crippen molar-refractivity contribution in [2.75, 3.05) is 13.1 Å². The van der Waals surface area contributed by atoms with Crippen molar-refractivity contribution in [3.63, 3.8) is 0 Å². The van der Waals surface area contributed by atoms with E-state index < -0.39 is 0 Å². The highest BCUT2D eigenvalue weighted by Gasteiger charge is 2.28. The van der Waals surface area contributed by atoms with Crippen molar-refractivity contribution in [1.29, 1.82) is 5.26 Å². The van der Waals surface area contributed by atoms with E-state index in [1.165, 1.54) is 0 Å². The minimum atomic E-state index is 0.190. The largest absolute Gasteiger partial charge is 0.355 e. The fourth-order valence-corrected chi connectivity index (χ4v) is 2.29. The van der Waals surface area contributed by atoms with Gasteiger partial charge in [0.15, 0.2) is 0 Å². The van der Waals surface area contributed by atoms with Gasteiger partial charge in [0, 0.05) is 35.8 Å². The molecule has 17 heavy (non-hydrogen) atoms. The number of carbonyl (C=O) groups excluding carboxylic acids is 1. The number of amides is 1. The van der Waals surface area contributed by atoms with Gasteiger partial charge in [0.25, 0.3) is 0 Å². The van der Waals surface area contributed by atoms with E-state index in [9.17, 15) is 4.79 Å². The van der Waals surface area contributed by atoms with Crippen LogP contribution in [0.3, 0.4) is 0 Å². The fraction of sp³-hybridized carbons (Fsp3) is 0.500. The molecule has 0 spiro atoms. The Morgan fingerprint density at radius 1 is 1.53 bits per heavy atom. The van der Waals surface area contributed by atoms with E-state index >= 15 is 0 Å². The average Bonchev–Trinajstić information content (AvgIpc) is 3.09. The van der Waals surface area contributed by atoms with E-state index in [4.69, 9.17) is 5.26 Å². The van der Waals surface area contributed by atoms with Gasteiger partial charge in [0.2, 0.25) is 5.91 Å². The van der Waals surface area contributed by atoms with Gasteiger partial charge in [-0.05, 0) is 18.9 Å². The lowest BCUT2D eigenvalue weighted by atomic mass is 10.3. The van der Waals surface area contributed by atoms with Gasteiger partial charge in [-0.15, -0.1) is 11.3 Å². The fourth-order valence-electron chi connectivity index (χ4n) is 1.51. The maximum absolute atomic E-state index is 11.3. The highest BCUT2D eigenvalue weighted by Crippen LogP contribution is 2.28. The van der Waals surface area contributed by atoms with Gasteiger partial charge in [-0.1, -0.05) is 0 Å². The molecule has 4 nitrogen and oxygen atoms in total. The summed E-state index contributed by atoms with van der Waals surface area (Å²) in [6, 6.07) is 4.00. The van der Waals surface area contributed by atoms with Crippen LogP contribution in [0.2, 0.25) is 0 Å². The molecule has 0 atom stereocenters. The van der Waals surface area contributed by atoms with E-state index in [1.54, 1.807) is 11.3 Å². The molecule has 1 saturated carbocycles. The molecule has 0 unspecified atom stereocenters. The van der Waals surface area contributed by atoms with Crippen LogP contribution >= 0.6 is 11.3 Å². The molecular weight excluding hydrogens is 234 g/mol. The van der Waals surface area contributed by atoms with Crippen LogP contribution in [-0.2, 0) is 11.3 Å². The Morgan fingerprint density at radius 2 is 2.35 bits per heavy atom. The summed E-state index contributed by atoms with van der Waals surface area (Å²) in [5.41, 5.74) is 0.717. The van der Waals surface area contributed by atoms with Gasteiger partial charge in [0.05, 0.1) is 5.56 Å². The maximum Gasteiger partial charge on any atom is 0.223 e. The molecular formula is C12H15N3OS. The monoisotopic (exact) mass is 249 g/mol. The van der Waals surface area contributed by atoms with Crippen LogP contribution in [-0.4, -0.2) is 19.0 Å². The highest BCUT2D eigenvalue weighted by molar-refractivity contribution is 7.10. The summed E-state index contributed by atoms with van der Waals surface area (Å²) in [5.74, 6) is 0.472. The molecule has 90 valence electrons. The topological polar surface area (TPSA) is 64.9 Å². The smallest absolute Gasteiger partial charge is 0.223 e. The molecule has 2 rings (SSSR count). The number of carbonyl (C=O) groups is 1. The minimum absolute atomic E-state index is 0.190. The van der Waals surface area contributed by atoms with Gasteiger partial charge < -0.3 is 10.6 Å². The number of nitrogens with zero attached hydrogens (tertiary/aromatic N) is 1. The molecule has 2 N–H and O–H groups in total. The summed E-state index contributed by atoms with van der Waals surface area (Å²) in [5, 5.41) is 16.7. The van der Waals surface area contributed by atoms with Crippen molar-refractivity contribution in [3.05, 3.63) is 21.9 Å². The van der Waals surface area contributed by atoms with Crippen molar-refractivity contribution < 1.29 is 4.79 Å². The maximum atomic E-state index is 11.3. The molecule has 1 aromatic heterocycles. The third kappa shape index (κ3) is 3.84. The van der Waals surface area contributed by atoms with Gasteiger partial charge in [-0.3, -0.25) is 4.79 Å². The molecule has 0 saturated heterocycles. The zero-order chi connectivity index (χ0) is 12.1. The molecule has 5 heteroatoms. The first-order valence-corrected chi connectivity index (χ1v) is 6.63. The summed E-state index contributed by atoms with van der Waals surface area (Å²) in [7, 11) is 0. The summed E-state index contributed by atoms with van der Waals surface area (Å²) in [6.07, 6.45) is 2.09.